The zero-order valence-corrected chi connectivity index (χ0v) is 14.3. The molecule has 7 heteroatoms. The molecule has 0 heterocycles. The van der Waals surface area contributed by atoms with Gasteiger partial charge in [-0.25, -0.2) is 8.42 Å². The van der Waals surface area contributed by atoms with Crippen LogP contribution in [0.4, 0.5) is 5.69 Å². The minimum atomic E-state index is -3.72. The van der Waals surface area contributed by atoms with E-state index in [1.807, 2.05) is 6.92 Å². The van der Waals surface area contributed by atoms with Crippen molar-refractivity contribution in [2.75, 3.05) is 11.3 Å². The first-order valence-electron chi connectivity index (χ1n) is 7.00. The van der Waals surface area contributed by atoms with E-state index >= 15 is 0 Å². The van der Waals surface area contributed by atoms with Crippen LogP contribution in [0.25, 0.3) is 0 Å². The molecule has 5 nitrogen and oxygen atoms in total. The summed E-state index contributed by atoms with van der Waals surface area (Å²) in [5.41, 5.74) is 1.46. The molecule has 0 atom stereocenters. The average Bonchev–Trinajstić information content (AvgIpc) is 2.49. The molecule has 2 aromatic rings. The molecular weight excluding hydrogens is 336 g/mol. The number of aryl methyl sites for hydroxylation is 1. The van der Waals surface area contributed by atoms with E-state index in [0.717, 1.165) is 5.56 Å². The first kappa shape index (κ1) is 17.3. The van der Waals surface area contributed by atoms with Crippen LogP contribution in [0.3, 0.4) is 0 Å². The number of carbonyl (C=O) groups excluding carboxylic acids is 1. The van der Waals surface area contributed by atoms with Gasteiger partial charge in [-0.2, -0.15) is 0 Å². The normalized spacial score (nSPS) is 11.1. The molecule has 2 rings (SSSR count). The smallest absolute Gasteiger partial charge is 0.261 e. The van der Waals surface area contributed by atoms with Crippen LogP contribution in [0.2, 0.25) is 5.02 Å². The van der Waals surface area contributed by atoms with E-state index in [0.29, 0.717) is 6.54 Å². The van der Waals surface area contributed by atoms with Gasteiger partial charge in [-0.05, 0) is 44.2 Å². The molecule has 0 unspecified atom stereocenters. The summed E-state index contributed by atoms with van der Waals surface area (Å²) < 4.78 is 27.2. The number of rotatable bonds is 5. The standard InChI is InChI=1S/C16H17ClN2O3S/c1-3-18-16(20)14-10-12(6-9-15(14)17)19-23(21,22)13-7-4-11(2)5-8-13/h4-10,19H,3H2,1-2H3,(H,18,20). The van der Waals surface area contributed by atoms with Gasteiger partial charge in [0.15, 0.2) is 0 Å². The molecule has 0 aromatic heterocycles. The fourth-order valence-electron chi connectivity index (χ4n) is 1.95. The second-order valence-corrected chi connectivity index (χ2v) is 7.06. The summed E-state index contributed by atoms with van der Waals surface area (Å²) in [5, 5.41) is 2.89. The molecule has 1 amide bonds. The van der Waals surface area contributed by atoms with Gasteiger partial charge in [-0.3, -0.25) is 9.52 Å². The maximum absolute atomic E-state index is 12.4. The monoisotopic (exact) mass is 352 g/mol. The maximum Gasteiger partial charge on any atom is 0.261 e. The Bertz CT molecular complexity index is 818. The van der Waals surface area contributed by atoms with Crippen LogP contribution < -0.4 is 10.0 Å². The number of anilines is 1. The number of hydrogen-bond acceptors (Lipinski definition) is 3. The molecule has 0 spiro atoms. The van der Waals surface area contributed by atoms with Crippen molar-refractivity contribution in [2.24, 2.45) is 0 Å². The van der Waals surface area contributed by atoms with Crippen LogP contribution in [0, 0.1) is 6.92 Å². The lowest BCUT2D eigenvalue weighted by Gasteiger charge is -2.11. The second-order valence-electron chi connectivity index (χ2n) is 4.97. The van der Waals surface area contributed by atoms with Crippen LogP contribution in [-0.4, -0.2) is 20.9 Å². The molecule has 0 saturated heterocycles. The highest BCUT2D eigenvalue weighted by Crippen LogP contribution is 2.23. The van der Waals surface area contributed by atoms with Crippen molar-refractivity contribution in [3.63, 3.8) is 0 Å². The summed E-state index contributed by atoms with van der Waals surface area (Å²) in [6.45, 7) is 4.12. The molecule has 122 valence electrons. The zero-order chi connectivity index (χ0) is 17.0. The predicted octanol–water partition coefficient (Wildman–Crippen LogP) is 3.20. The molecule has 0 bridgehead atoms. The number of benzene rings is 2. The second kappa shape index (κ2) is 7.02. The number of amides is 1. The average molecular weight is 353 g/mol. The van der Waals surface area contributed by atoms with Crippen LogP contribution in [0.1, 0.15) is 22.8 Å². The van der Waals surface area contributed by atoms with Gasteiger partial charge in [0.2, 0.25) is 0 Å². The van der Waals surface area contributed by atoms with E-state index in [2.05, 4.69) is 10.0 Å². The Balaban J connectivity index is 2.31. The Hall–Kier alpha value is -2.05. The van der Waals surface area contributed by atoms with Gasteiger partial charge in [0.1, 0.15) is 0 Å². The number of carbonyl (C=O) groups is 1. The fraction of sp³-hybridized carbons (Fsp3) is 0.188. The Kier molecular flexibility index (Phi) is 5.28. The Morgan fingerprint density at radius 1 is 1.13 bits per heavy atom. The van der Waals surface area contributed by atoms with E-state index in [1.165, 1.54) is 30.3 Å². The lowest BCUT2D eigenvalue weighted by molar-refractivity contribution is 0.0956. The van der Waals surface area contributed by atoms with E-state index in [9.17, 15) is 13.2 Å². The van der Waals surface area contributed by atoms with E-state index < -0.39 is 10.0 Å². The summed E-state index contributed by atoms with van der Waals surface area (Å²) in [5.74, 6) is -0.353. The highest BCUT2D eigenvalue weighted by molar-refractivity contribution is 7.92. The molecular formula is C16H17ClN2O3S. The van der Waals surface area contributed by atoms with Crippen LogP contribution in [-0.2, 0) is 10.0 Å². The molecule has 2 N–H and O–H groups in total. The van der Waals surface area contributed by atoms with Crippen molar-refractivity contribution in [1.82, 2.24) is 5.32 Å². The summed E-state index contributed by atoms with van der Waals surface area (Å²) in [7, 11) is -3.72. The molecule has 0 aliphatic rings. The van der Waals surface area contributed by atoms with Crippen molar-refractivity contribution < 1.29 is 13.2 Å². The van der Waals surface area contributed by atoms with Crippen molar-refractivity contribution >= 4 is 33.2 Å². The predicted molar refractivity (Wildman–Crippen MR) is 91.4 cm³/mol. The summed E-state index contributed by atoms with van der Waals surface area (Å²) in [4.78, 5) is 12.1. The third-order valence-electron chi connectivity index (χ3n) is 3.13. The van der Waals surface area contributed by atoms with Gasteiger partial charge in [0.25, 0.3) is 15.9 Å². The van der Waals surface area contributed by atoms with Gasteiger partial charge in [-0.15, -0.1) is 0 Å². The van der Waals surface area contributed by atoms with E-state index in [1.54, 1.807) is 19.1 Å². The lowest BCUT2D eigenvalue weighted by atomic mass is 10.2. The van der Waals surface area contributed by atoms with Gasteiger partial charge < -0.3 is 5.32 Å². The zero-order valence-electron chi connectivity index (χ0n) is 12.8. The third kappa shape index (κ3) is 4.24. The summed E-state index contributed by atoms with van der Waals surface area (Å²) in [6.07, 6.45) is 0. The molecule has 0 fully saturated rings. The van der Waals surface area contributed by atoms with Crippen molar-refractivity contribution in [3.8, 4) is 0 Å². The highest BCUT2D eigenvalue weighted by Gasteiger charge is 2.16. The molecule has 0 radical (unpaired) electrons. The highest BCUT2D eigenvalue weighted by atomic mass is 35.5. The summed E-state index contributed by atoms with van der Waals surface area (Å²) >= 11 is 5.99. The van der Waals surface area contributed by atoms with Gasteiger partial charge >= 0.3 is 0 Å². The summed E-state index contributed by atoms with van der Waals surface area (Å²) in [6, 6.07) is 10.9. The minimum absolute atomic E-state index is 0.151. The Morgan fingerprint density at radius 2 is 1.78 bits per heavy atom. The topological polar surface area (TPSA) is 75.3 Å². The number of hydrogen-bond donors (Lipinski definition) is 2. The Labute approximate surface area is 140 Å². The number of halogens is 1. The fourth-order valence-corrected chi connectivity index (χ4v) is 3.20. The Morgan fingerprint density at radius 3 is 2.39 bits per heavy atom. The third-order valence-corrected chi connectivity index (χ3v) is 4.86. The number of sulfonamides is 1. The van der Waals surface area contributed by atoms with E-state index in [4.69, 9.17) is 11.6 Å². The van der Waals surface area contributed by atoms with Crippen LogP contribution in [0.5, 0.6) is 0 Å². The van der Waals surface area contributed by atoms with Gasteiger partial charge in [-0.1, -0.05) is 29.3 Å². The van der Waals surface area contributed by atoms with Crippen molar-refractivity contribution in [3.05, 3.63) is 58.6 Å². The van der Waals surface area contributed by atoms with Crippen LogP contribution >= 0.6 is 11.6 Å². The lowest BCUT2D eigenvalue weighted by Crippen LogP contribution is -2.23. The molecule has 0 saturated carbocycles. The quantitative estimate of drug-likeness (QED) is 0.867. The first-order valence-corrected chi connectivity index (χ1v) is 8.87. The maximum atomic E-state index is 12.4. The SMILES string of the molecule is CCNC(=O)c1cc(NS(=O)(=O)c2ccc(C)cc2)ccc1Cl. The largest absolute Gasteiger partial charge is 0.352 e. The molecule has 2 aromatic carbocycles. The van der Waals surface area contributed by atoms with Crippen molar-refractivity contribution in [2.45, 2.75) is 18.7 Å². The molecule has 0 aliphatic heterocycles. The first-order chi connectivity index (χ1) is 10.8. The van der Waals surface area contributed by atoms with Gasteiger partial charge in [0, 0.05) is 12.2 Å². The van der Waals surface area contributed by atoms with E-state index in [-0.39, 0.29) is 27.1 Å². The van der Waals surface area contributed by atoms with Gasteiger partial charge in [0.05, 0.1) is 15.5 Å². The minimum Gasteiger partial charge on any atom is -0.352 e. The van der Waals surface area contributed by atoms with Crippen molar-refractivity contribution in [1.29, 1.82) is 0 Å². The molecule has 0 aliphatic carbocycles. The van der Waals surface area contributed by atoms with Crippen LogP contribution in [0.15, 0.2) is 47.4 Å². The number of nitrogens with one attached hydrogen (secondary N) is 2. The molecule has 23 heavy (non-hydrogen) atoms.